The molecule has 0 unspecified atom stereocenters. The minimum absolute atomic E-state index is 0.00967. The van der Waals surface area contributed by atoms with Gasteiger partial charge in [-0.3, -0.25) is 9.59 Å². The number of nitrogens with two attached hydrogens (primary N) is 2. The predicted octanol–water partition coefficient (Wildman–Crippen LogP) is 1.72. The quantitative estimate of drug-likeness (QED) is 0.639. The standard InChI is InChI=1S/C15H13F3N6O2/c16-15(17,18)6-2-1-3-7(4-6)21-13(26)8-5-9(25)22-12-10(8)11(19)23-14(20)24-12/h1-4,8H,5H2,(H,21,26)(H5,19,20,22,23,24,25)/t8-/m0/s1. The smallest absolute Gasteiger partial charge is 0.383 e. The third-order valence-corrected chi connectivity index (χ3v) is 3.76. The first-order valence-electron chi connectivity index (χ1n) is 7.36. The topological polar surface area (TPSA) is 136 Å². The number of rotatable bonds is 2. The molecule has 0 fully saturated rings. The lowest BCUT2D eigenvalue weighted by atomic mass is 9.92. The number of hydrogen-bond acceptors (Lipinski definition) is 6. The summed E-state index contributed by atoms with van der Waals surface area (Å²) in [6, 6.07) is 4.15. The van der Waals surface area contributed by atoms with Gasteiger partial charge >= 0.3 is 6.18 Å². The molecule has 0 aliphatic carbocycles. The Balaban J connectivity index is 1.91. The van der Waals surface area contributed by atoms with E-state index in [9.17, 15) is 22.8 Å². The zero-order valence-electron chi connectivity index (χ0n) is 13.1. The van der Waals surface area contributed by atoms with Crippen LogP contribution in [0.3, 0.4) is 0 Å². The summed E-state index contributed by atoms with van der Waals surface area (Å²) >= 11 is 0. The van der Waals surface area contributed by atoms with E-state index in [0.29, 0.717) is 0 Å². The van der Waals surface area contributed by atoms with Crippen LogP contribution in [0.25, 0.3) is 0 Å². The van der Waals surface area contributed by atoms with Crippen molar-refractivity contribution in [1.82, 2.24) is 9.97 Å². The molecule has 0 saturated carbocycles. The van der Waals surface area contributed by atoms with Crippen molar-refractivity contribution in [2.24, 2.45) is 0 Å². The highest BCUT2D eigenvalue weighted by Crippen LogP contribution is 2.36. The van der Waals surface area contributed by atoms with Crippen LogP contribution in [0, 0.1) is 0 Å². The molecule has 136 valence electrons. The molecule has 1 aromatic heterocycles. The van der Waals surface area contributed by atoms with E-state index >= 15 is 0 Å². The fraction of sp³-hybridized carbons (Fsp3) is 0.200. The Kier molecular flexibility index (Phi) is 4.14. The van der Waals surface area contributed by atoms with E-state index in [-0.39, 0.29) is 35.3 Å². The van der Waals surface area contributed by atoms with Gasteiger partial charge in [-0.15, -0.1) is 0 Å². The first kappa shape index (κ1) is 17.5. The maximum Gasteiger partial charge on any atom is 0.416 e. The number of carbonyl (C=O) groups excluding carboxylic acids is 2. The van der Waals surface area contributed by atoms with Crippen LogP contribution in [0.15, 0.2) is 24.3 Å². The number of hydrogen-bond donors (Lipinski definition) is 4. The number of benzene rings is 1. The summed E-state index contributed by atoms with van der Waals surface area (Å²) in [7, 11) is 0. The van der Waals surface area contributed by atoms with Crippen LogP contribution in [0.5, 0.6) is 0 Å². The van der Waals surface area contributed by atoms with Gasteiger partial charge in [0.2, 0.25) is 17.8 Å². The molecule has 0 bridgehead atoms. The average Bonchev–Trinajstić information content (AvgIpc) is 2.52. The number of alkyl halides is 3. The van der Waals surface area contributed by atoms with Crippen molar-refractivity contribution >= 4 is 35.1 Å². The number of fused-ring (bicyclic) bond motifs is 1. The van der Waals surface area contributed by atoms with Crippen molar-refractivity contribution < 1.29 is 22.8 Å². The average molecular weight is 366 g/mol. The van der Waals surface area contributed by atoms with Crippen molar-refractivity contribution in [2.45, 2.75) is 18.5 Å². The van der Waals surface area contributed by atoms with E-state index in [4.69, 9.17) is 11.5 Å². The second-order valence-electron chi connectivity index (χ2n) is 5.60. The molecule has 3 rings (SSSR count). The maximum atomic E-state index is 12.8. The van der Waals surface area contributed by atoms with Gasteiger partial charge in [0.25, 0.3) is 0 Å². The number of nitrogens with zero attached hydrogens (tertiary/aromatic N) is 2. The van der Waals surface area contributed by atoms with Crippen LogP contribution in [0.4, 0.5) is 36.4 Å². The molecule has 2 aromatic rings. The number of halogens is 3. The summed E-state index contributed by atoms with van der Waals surface area (Å²) in [6.45, 7) is 0. The van der Waals surface area contributed by atoms with Crippen molar-refractivity contribution in [2.75, 3.05) is 22.1 Å². The first-order valence-corrected chi connectivity index (χ1v) is 7.36. The number of anilines is 4. The Hall–Kier alpha value is -3.37. The minimum Gasteiger partial charge on any atom is -0.383 e. The van der Waals surface area contributed by atoms with Crippen molar-refractivity contribution in [3.05, 3.63) is 35.4 Å². The van der Waals surface area contributed by atoms with E-state index in [1.54, 1.807) is 0 Å². The van der Waals surface area contributed by atoms with E-state index < -0.39 is 29.5 Å². The molecule has 0 spiro atoms. The van der Waals surface area contributed by atoms with E-state index in [1.165, 1.54) is 6.07 Å². The van der Waals surface area contributed by atoms with Gasteiger partial charge in [-0.25, -0.2) is 0 Å². The Morgan fingerprint density at radius 3 is 2.69 bits per heavy atom. The Morgan fingerprint density at radius 1 is 1.27 bits per heavy atom. The summed E-state index contributed by atoms with van der Waals surface area (Å²) in [4.78, 5) is 32.0. The second kappa shape index (κ2) is 6.17. The third-order valence-electron chi connectivity index (χ3n) is 3.76. The highest BCUT2D eigenvalue weighted by atomic mass is 19.4. The van der Waals surface area contributed by atoms with Crippen LogP contribution in [0.1, 0.15) is 23.5 Å². The van der Waals surface area contributed by atoms with Crippen LogP contribution in [0.2, 0.25) is 0 Å². The molecule has 1 aliphatic rings. The Morgan fingerprint density at radius 2 is 2.00 bits per heavy atom. The molecule has 6 N–H and O–H groups in total. The van der Waals surface area contributed by atoms with E-state index in [2.05, 4.69) is 20.6 Å². The molecule has 0 radical (unpaired) electrons. The highest BCUT2D eigenvalue weighted by Gasteiger charge is 2.35. The lowest BCUT2D eigenvalue weighted by molar-refractivity contribution is -0.137. The summed E-state index contributed by atoms with van der Waals surface area (Å²) in [6.07, 6.45) is -4.80. The molecule has 2 heterocycles. The van der Waals surface area contributed by atoms with Gasteiger partial charge in [-0.05, 0) is 18.2 Å². The minimum atomic E-state index is -4.55. The molecule has 1 aromatic carbocycles. The molecule has 1 aliphatic heterocycles. The second-order valence-corrected chi connectivity index (χ2v) is 5.60. The first-order chi connectivity index (χ1) is 12.1. The van der Waals surface area contributed by atoms with Gasteiger partial charge in [0.05, 0.1) is 17.0 Å². The molecule has 11 heteroatoms. The van der Waals surface area contributed by atoms with Crippen LogP contribution < -0.4 is 22.1 Å². The lowest BCUT2D eigenvalue weighted by Gasteiger charge is -2.25. The number of nitrogens with one attached hydrogen (secondary N) is 2. The summed E-state index contributed by atoms with van der Waals surface area (Å²) in [5.41, 5.74) is 10.4. The summed E-state index contributed by atoms with van der Waals surface area (Å²) < 4.78 is 38.4. The van der Waals surface area contributed by atoms with E-state index in [0.717, 1.165) is 18.2 Å². The zero-order valence-corrected chi connectivity index (χ0v) is 13.1. The summed E-state index contributed by atoms with van der Waals surface area (Å²) in [5, 5.41) is 4.81. The normalized spacial score (nSPS) is 16.6. The molecule has 8 nitrogen and oxygen atoms in total. The number of carbonyl (C=O) groups is 2. The Labute approximate surface area is 144 Å². The molecular weight excluding hydrogens is 353 g/mol. The molecular formula is C15H13F3N6O2. The number of amides is 2. The largest absolute Gasteiger partial charge is 0.416 e. The van der Waals surface area contributed by atoms with Gasteiger partial charge in [-0.2, -0.15) is 23.1 Å². The van der Waals surface area contributed by atoms with Gasteiger partial charge < -0.3 is 22.1 Å². The van der Waals surface area contributed by atoms with Crippen LogP contribution in [-0.4, -0.2) is 21.8 Å². The third kappa shape index (κ3) is 3.36. The lowest BCUT2D eigenvalue weighted by Crippen LogP contribution is -2.32. The zero-order chi connectivity index (χ0) is 19.1. The van der Waals surface area contributed by atoms with Crippen molar-refractivity contribution in [3.8, 4) is 0 Å². The van der Waals surface area contributed by atoms with Crippen molar-refractivity contribution in [3.63, 3.8) is 0 Å². The maximum absolute atomic E-state index is 12.8. The molecule has 2 amide bonds. The van der Waals surface area contributed by atoms with Gasteiger partial charge in [0, 0.05) is 12.1 Å². The van der Waals surface area contributed by atoms with Crippen molar-refractivity contribution in [1.29, 1.82) is 0 Å². The highest BCUT2D eigenvalue weighted by molar-refractivity contribution is 6.05. The van der Waals surface area contributed by atoms with Gasteiger partial charge in [0.1, 0.15) is 11.6 Å². The summed E-state index contributed by atoms with van der Waals surface area (Å²) in [5.74, 6) is -2.53. The Bertz CT molecular complexity index is 899. The fourth-order valence-corrected chi connectivity index (χ4v) is 2.64. The monoisotopic (exact) mass is 366 g/mol. The van der Waals surface area contributed by atoms with E-state index in [1.807, 2.05) is 0 Å². The fourth-order valence-electron chi connectivity index (χ4n) is 2.64. The molecule has 26 heavy (non-hydrogen) atoms. The SMILES string of the molecule is Nc1nc(N)c2c(n1)NC(=O)C[C@@H]2C(=O)Nc1cccc(C(F)(F)F)c1. The number of aromatic nitrogens is 2. The van der Waals surface area contributed by atoms with Crippen LogP contribution >= 0.6 is 0 Å². The van der Waals surface area contributed by atoms with Gasteiger partial charge in [0.15, 0.2) is 0 Å². The van der Waals surface area contributed by atoms with Crippen LogP contribution in [-0.2, 0) is 15.8 Å². The molecule has 0 saturated heterocycles. The van der Waals surface area contributed by atoms with Gasteiger partial charge in [-0.1, -0.05) is 6.07 Å². The molecule has 1 atom stereocenters. The predicted molar refractivity (Wildman–Crippen MR) is 86.9 cm³/mol. The number of nitrogen functional groups attached to an aromatic ring is 2.